The molecule has 7 nitrogen and oxygen atoms in total. The summed E-state index contributed by atoms with van der Waals surface area (Å²) in [5.41, 5.74) is 3.79. The number of alkyl carbamates (subject to hydrolysis) is 1. The van der Waals surface area contributed by atoms with Crippen molar-refractivity contribution in [3.8, 4) is 11.1 Å². The molecule has 3 aromatic carbocycles. The molecule has 3 N–H and O–H groups in total. The number of fused-ring (bicyclic) bond motifs is 3. The van der Waals surface area contributed by atoms with Gasteiger partial charge in [-0.3, -0.25) is 4.79 Å². The molecule has 0 aliphatic heterocycles. The zero-order valence-electron chi connectivity index (χ0n) is 19.1. The van der Waals surface area contributed by atoms with E-state index in [2.05, 4.69) is 22.8 Å². The molecule has 35 heavy (non-hydrogen) atoms. The van der Waals surface area contributed by atoms with Crippen LogP contribution in [-0.4, -0.2) is 36.2 Å². The summed E-state index contributed by atoms with van der Waals surface area (Å²) in [6.45, 7) is 2.08. The summed E-state index contributed by atoms with van der Waals surface area (Å²) in [5, 5.41) is 14.2. The second kappa shape index (κ2) is 10.4. The van der Waals surface area contributed by atoms with Crippen molar-refractivity contribution < 1.29 is 28.6 Å². The fourth-order valence-corrected chi connectivity index (χ4v) is 4.32. The first kappa shape index (κ1) is 23.9. The zero-order valence-corrected chi connectivity index (χ0v) is 19.1. The summed E-state index contributed by atoms with van der Waals surface area (Å²) in [4.78, 5) is 35.9. The maximum atomic E-state index is 14.0. The molecular formula is C27H25FN2O5. The minimum Gasteiger partial charge on any atom is -0.478 e. The number of nitrogens with one attached hydrogen (secondary N) is 2. The lowest BCUT2D eigenvalue weighted by Crippen LogP contribution is -2.31. The van der Waals surface area contributed by atoms with E-state index in [-0.39, 0.29) is 42.7 Å². The van der Waals surface area contributed by atoms with Crippen molar-refractivity contribution in [1.29, 1.82) is 0 Å². The summed E-state index contributed by atoms with van der Waals surface area (Å²) in [5.74, 6) is -3.08. The number of carbonyl (C=O) groups is 3. The highest BCUT2D eigenvalue weighted by Gasteiger charge is 2.29. The van der Waals surface area contributed by atoms with Gasteiger partial charge in [0, 0.05) is 18.9 Å². The predicted octanol–water partition coefficient (Wildman–Crippen LogP) is 5.03. The van der Waals surface area contributed by atoms with E-state index in [9.17, 15) is 23.9 Å². The molecule has 0 bridgehead atoms. The van der Waals surface area contributed by atoms with Crippen LogP contribution in [0.5, 0.6) is 0 Å². The molecule has 0 heterocycles. The average molecular weight is 477 g/mol. The van der Waals surface area contributed by atoms with Crippen molar-refractivity contribution in [2.24, 2.45) is 5.92 Å². The lowest BCUT2D eigenvalue weighted by atomic mass is 9.98. The first-order chi connectivity index (χ1) is 16.8. The summed E-state index contributed by atoms with van der Waals surface area (Å²) < 4.78 is 19.5. The van der Waals surface area contributed by atoms with Crippen LogP contribution in [0.2, 0.25) is 0 Å². The lowest BCUT2D eigenvalue weighted by molar-refractivity contribution is -0.117. The molecule has 1 aliphatic carbocycles. The number of halogens is 1. The zero-order chi connectivity index (χ0) is 24.9. The van der Waals surface area contributed by atoms with Crippen molar-refractivity contribution in [3.05, 3.63) is 89.2 Å². The highest BCUT2D eigenvalue weighted by atomic mass is 19.1. The summed E-state index contributed by atoms with van der Waals surface area (Å²) in [7, 11) is 0. The van der Waals surface area contributed by atoms with Gasteiger partial charge < -0.3 is 20.5 Å². The van der Waals surface area contributed by atoms with Crippen LogP contribution in [0.3, 0.4) is 0 Å². The number of para-hydroxylation sites is 1. The Morgan fingerprint density at radius 3 is 2.23 bits per heavy atom. The number of carboxylic acid groups (broad SMARTS) is 1. The van der Waals surface area contributed by atoms with Crippen molar-refractivity contribution in [1.82, 2.24) is 5.32 Å². The highest BCUT2D eigenvalue weighted by molar-refractivity contribution is 6.00. The number of aromatic carboxylic acids is 1. The second-order valence-electron chi connectivity index (χ2n) is 8.53. The molecule has 0 spiro atoms. The van der Waals surface area contributed by atoms with Gasteiger partial charge in [0.2, 0.25) is 5.91 Å². The molecule has 2 amide bonds. The number of carboxylic acids is 1. The third-order valence-electron chi connectivity index (χ3n) is 5.98. The molecule has 8 heteroatoms. The van der Waals surface area contributed by atoms with Gasteiger partial charge in [-0.15, -0.1) is 0 Å². The summed E-state index contributed by atoms with van der Waals surface area (Å²) in [6.07, 6.45) is -0.641. The fourth-order valence-electron chi connectivity index (χ4n) is 4.32. The molecule has 0 saturated carbocycles. The van der Waals surface area contributed by atoms with Crippen molar-refractivity contribution in [3.63, 3.8) is 0 Å². The van der Waals surface area contributed by atoms with Crippen LogP contribution in [-0.2, 0) is 9.53 Å². The van der Waals surface area contributed by atoms with E-state index < -0.39 is 23.8 Å². The SMILES string of the molecule is CC(CNC(=O)OCC1c2ccccc2-c2ccccc21)CC(=O)Nc1c(F)cccc1C(=O)O. The van der Waals surface area contributed by atoms with Gasteiger partial charge in [-0.05, 0) is 40.3 Å². The Bertz CT molecular complexity index is 1230. The molecule has 0 fully saturated rings. The molecule has 0 saturated heterocycles. The van der Waals surface area contributed by atoms with Crippen molar-refractivity contribution in [2.45, 2.75) is 19.3 Å². The maximum absolute atomic E-state index is 14.0. The van der Waals surface area contributed by atoms with Gasteiger partial charge in [-0.1, -0.05) is 61.5 Å². The molecule has 0 aromatic heterocycles. The predicted molar refractivity (Wildman–Crippen MR) is 129 cm³/mol. The number of ether oxygens (including phenoxy) is 1. The van der Waals surface area contributed by atoms with Crippen molar-refractivity contribution in [2.75, 3.05) is 18.5 Å². The molecule has 1 aliphatic rings. The Labute approximate surface area is 201 Å². The largest absolute Gasteiger partial charge is 0.478 e. The lowest BCUT2D eigenvalue weighted by Gasteiger charge is -2.16. The van der Waals surface area contributed by atoms with E-state index in [4.69, 9.17) is 4.74 Å². The van der Waals surface area contributed by atoms with Crippen molar-refractivity contribution >= 4 is 23.7 Å². The average Bonchev–Trinajstić information content (AvgIpc) is 3.16. The Morgan fingerprint density at radius 1 is 0.971 bits per heavy atom. The van der Waals surface area contributed by atoms with Gasteiger partial charge >= 0.3 is 12.1 Å². The number of anilines is 1. The topological polar surface area (TPSA) is 105 Å². The normalized spacial score (nSPS) is 12.9. The van der Waals surface area contributed by atoms with Crippen LogP contribution >= 0.6 is 0 Å². The number of amides is 2. The van der Waals surface area contributed by atoms with Crippen LogP contribution < -0.4 is 10.6 Å². The number of hydrogen-bond acceptors (Lipinski definition) is 4. The fraction of sp³-hybridized carbons (Fsp3) is 0.222. The van der Waals surface area contributed by atoms with E-state index >= 15 is 0 Å². The third-order valence-corrected chi connectivity index (χ3v) is 5.98. The standard InChI is InChI=1S/C27H25FN2O5/c1-16(13-24(31)30-25-21(26(32)33)11-6-12-23(25)28)14-29-27(34)35-15-22-19-9-4-2-7-17(19)18-8-3-5-10-20(18)22/h2-12,16,22H,13-15H2,1H3,(H,29,34)(H,30,31)(H,32,33). The monoisotopic (exact) mass is 476 g/mol. The van der Waals surface area contributed by atoms with E-state index in [1.165, 1.54) is 12.1 Å². The van der Waals surface area contributed by atoms with Crippen LogP contribution in [0.15, 0.2) is 66.7 Å². The smallest absolute Gasteiger partial charge is 0.407 e. The number of hydrogen-bond donors (Lipinski definition) is 3. The molecule has 180 valence electrons. The van der Waals surface area contributed by atoms with Gasteiger partial charge in [0.1, 0.15) is 12.4 Å². The van der Waals surface area contributed by atoms with Crippen LogP contribution in [0.25, 0.3) is 11.1 Å². The highest BCUT2D eigenvalue weighted by Crippen LogP contribution is 2.44. The first-order valence-electron chi connectivity index (χ1n) is 11.3. The van der Waals surface area contributed by atoms with Gasteiger partial charge in [0.05, 0.1) is 11.3 Å². The molecular weight excluding hydrogens is 451 g/mol. The second-order valence-corrected chi connectivity index (χ2v) is 8.53. The van der Waals surface area contributed by atoms with E-state index in [0.29, 0.717) is 0 Å². The molecule has 3 aromatic rings. The third kappa shape index (κ3) is 5.32. The van der Waals surface area contributed by atoms with Gasteiger partial charge in [-0.25, -0.2) is 14.0 Å². The molecule has 0 radical (unpaired) electrons. The summed E-state index contributed by atoms with van der Waals surface area (Å²) >= 11 is 0. The number of rotatable bonds is 8. The Hall–Kier alpha value is -4.20. The number of carbonyl (C=O) groups excluding carboxylic acids is 2. The van der Waals surface area contributed by atoms with Gasteiger partial charge in [0.15, 0.2) is 0 Å². The van der Waals surface area contributed by atoms with Gasteiger partial charge in [0.25, 0.3) is 0 Å². The molecule has 1 unspecified atom stereocenters. The minimum atomic E-state index is -1.34. The van der Waals surface area contributed by atoms with Gasteiger partial charge in [-0.2, -0.15) is 0 Å². The van der Waals surface area contributed by atoms with Crippen LogP contribution in [0, 0.1) is 11.7 Å². The Balaban J connectivity index is 1.28. The molecule has 4 rings (SSSR count). The summed E-state index contributed by atoms with van der Waals surface area (Å²) in [6, 6.07) is 19.6. The quantitative estimate of drug-likeness (QED) is 0.423. The molecule has 1 atom stereocenters. The van der Waals surface area contributed by atoms with E-state index in [1.54, 1.807) is 6.92 Å². The van der Waals surface area contributed by atoms with E-state index in [1.807, 2.05) is 36.4 Å². The maximum Gasteiger partial charge on any atom is 0.407 e. The number of benzene rings is 3. The van der Waals surface area contributed by atoms with Crippen LogP contribution in [0.1, 0.15) is 40.7 Å². The minimum absolute atomic E-state index is 0.0446. The Morgan fingerprint density at radius 2 is 1.60 bits per heavy atom. The van der Waals surface area contributed by atoms with E-state index in [0.717, 1.165) is 28.3 Å². The van der Waals surface area contributed by atoms with Crippen LogP contribution in [0.4, 0.5) is 14.9 Å². The first-order valence-corrected chi connectivity index (χ1v) is 11.3. The Kier molecular flexibility index (Phi) is 7.10.